The number of nitrogens with one attached hydrogen (secondary N) is 2. The van der Waals surface area contributed by atoms with E-state index in [4.69, 9.17) is 0 Å². The summed E-state index contributed by atoms with van der Waals surface area (Å²) in [6.45, 7) is 4.25. The van der Waals surface area contributed by atoms with Crippen molar-refractivity contribution in [2.45, 2.75) is 45.6 Å². The molecule has 3 N–H and O–H groups in total. The minimum Gasteiger partial charge on any atom is -0.506 e. The van der Waals surface area contributed by atoms with E-state index in [1.54, 1.807) is 4.72 Å². The van der Waals surface area contributed by atoms with E-state index in [-0.39, 0.29) is 5.56 Å². The number of allylic oxidation sites excluding steroid dienone is 1. The summed E-state index contributed by atoms with van der Waals surface area (Å²) in [5.74, 6) is -1.53. The van der Waals surface area contributed by atoms with Crippen molar-refractivity contribution in [3.05, 3.63) is 29.6 Å². The number of rotatable bonds is 5. The number of amides is 1. The fourth-order valence-electron chi connectivity index (χ4n) is 3.56. The molecule has 1 saturated heterocycles. The summed E-state index contributed by atoms with van der Waals surface area (Å²) >= 11 is 0. The Bertz CT molecular complexity index is 899. The zero-order valence-corrected chi connectivity index (χ0v) is 16.9. The van der Waals surface area contributed by atoms with Crippen LogP contribution in [0.2, 0.25) is 0 Å². The van der Waals surface area contributed by atoms with Crippen LogP contribution in [0, 0.1) is 11.7 Å². The van der Waals surface area contributed by atoms with Crippen LogP contribution in [0.25, 0.3) is 5.57 Å². The molecule has 0 bridgehead atoms. The van der Waals surface area contributed by atoms with Crippen LogP contribution in [0.4, 0.5) is 10.1 Å². The molecule has 0 aliphatic carbocycles. The maximum atomic E-state index is 15.3. The van der Waals surface area contributed by atoms with Crippen LogP contribution >= 0.6 is 0 Å². The molecule has 1 atom stereocenters. The van der Waals surface area contributed by atoms with Crippen molar-refractivity contribution >= 4 is 27.4 Å². The number of phenols is 1. The lowest BCUT2D eigenvalue weighted by Gasteiger charge is -2.20. The minimum atomic E-state index is -4.21. The van der Waals surface area contributed by atoms with Gasteiger partial charge >= 0.3 is 10.2 Å². The zero-order valence-electron chi connectivity index (χ0n) is 16.0. The first kappa shape index (κ1) is 20.6. The number of nitrogens with zero attached hydrogens (tertiary/aromatic N) is 1. The molecular formula is C19H26FN3O4S. The number of halogens is 1. The van der Waals surface area contributed by atoms with Crippen LogP contribution in [0.1, 0.15) is 45.1 Å². The highest BCUT2D eigenvalue weighted by atomic mass is 32.2. The molecule has 9 heteroatoms. The molecule has 2 aliphatic rings. The second-order valence-corrected chi connectivity index (χ2v) is 9.28. The van der Waals surface area contributed by atoms with Crippen LogP contribution in [-0.4, -0.2) is 38.6 Å². The number of hydrogen-bond donors (Lipinski definition) is 3. The number of aromatic hydroxyl groups is 1. The topological polar surface area (TPSA) is 98.7 Å². The molecule has 3 rings (SSSR count). The summed E-state index contributed by atoms with van der Waals surface area (Å²) < 4.78 is 41.8. The van der Waals surface area contributed by atoms with Gasteiger partial charge in [0, 0.05) is 18.2 Å². The van der Waals surface area contributed by atoms with Crippen molar-refractivity contribution in [1.82, 2.24) is 10.0 Å². The number of hydrogen-bond acceptors (Lipinski definition) is 5. The Labute approximate surface area is 164 Å². The van der Waals surface area contributed by atoms with Crippen molar-refractivity contribution in [1.29, 1.82) is 0 Å². The van der Waals surface area contributed by atoms with E-state index in [9.17, 15) is 18.3 Å². The molecule has 2 aliphatic heterocycles. The van der Waals surface area contributed by atoms with Gasteiger partial charge in [-0.1, -0.05) is 19.9 Å². The lowest BCUT2D eigenvalue weighted by molar-refractivity contribution is -0.117. The van der Waals surface area contributed by atoms with E-state index in [1.807, 2.05) is 6.08 Å². The highest BCUT2D eigenvalue weighted by Gasteiger charge is 2.38. The highest BCUT2D eigenvalue weighted by Crippen LogP contribution is 2.37. The molecule has 28 heavy (non-hydrogen) atoms. The van der Waals surface area contributed by atoms with Crippen molar-refractivity contribution in [2.75, 3.05) is 17.4 Å². The third-order valence-corrected chi connectivity index (χ3v) is 6.47. The van der Waals surface area contributed by atoms with Gasteiger partial charge in [0.15, 0.2) is 5.82 Å². The van der Waals surface area contributed by atoms with E-state index >= 15 is 4.39 Å². The van der Waals surface area contributed by atoms with Gasteiger partial charge in [-0.3, -0.25) is 4.79 Å². The molecule has 0 spiro atoms. The van der Waals surface area contributed by atoms with E-state index in [1.165, 1.54) is 12.1 Å². The van der Waals surface area contributed by atoms with Crippen molar-refractivity contribution in [2.24, 2.45) is 5.92 Å². The van der Waals surface area contributed by atoms with Gasteiger partial charge in [-0.2, -0.15) is 8.42 Å². The van der Waals surface area contributed by atoms with Crippen LogP contribution in [-0.2, 0) is 15.0 Å². The Morgan fingerprint density at radius 1 is 1.36 bits per heavy atom. The Balaban J connectivity index is 1.86. The third kappa shape index (κ3) is 4.30. The number of anilines is 1. The van der Waals surface area contributed by atoms with Gasteiger partial charge in [-0.15, -0.1) is 0 Å². The maximum absolute atomic E-state index is 15.3. The quantitative estimate of drug-likeness (QED) is 0.691. The Morgan fingerprint density at radius 2 is 2.11 bits per heavy atom. The summed E-state index contributed by atoms with van der Waals surface area (Å²) in [5, 5.41) is 13.5. The molecular weight excluding hydrogens is 385 g/mol. The zero-order chi connectivity index (χ0) is 20.5. The van der Waals surface area contributed by atoms with Crippen LogP contribution in [0.5, 0.6) is 5.75 Å². The van der Waals surface area contributed by atoms with E-state index in [0.29, 0.717) is 28.4 Å². The average molecular weight is 411 g/mol. The first-order chi connectivity index (χ1) is 13.2. The molecule has 0 unspecified atom stereocenters. The first-order valence-corrected chi connectivity index (χ1v) is 10.9. The lowest BCUT2D eigenvalue weighted by Crippen LogP contribution is -2.31. The van der Waals surface area contributed by atoms with Gasteiger partial charge in [0.05, 0.1) is 0 Å². The highest BCUT2D eigenvalue weighted by molar-refractivity contribution is 7.92. The van der Waals surface area contributed by atoms with Gasteiger partial charge in [-0.05, 0) is 49.3 Å². The molecule has 1 fully saturated rings. The Morgan fingerprint density at radius 3 is 2.75 bits per heavy atom. The molecule has 154 valence electrons. The van der Waals surface area contributed by atoms with Gasteiger partial charge in [-0.25, -0.2) is 13.4 Å². The maximum Gasteiger partial charge on any atom is 0.326 e. The number of carbonyl (C=O) groups excluding carboxylic acids is 1. The van der Waals surface area contributed by atoms with Crippen LogP contribution in [0.3, 0.4) is 0 Å². The smallest absolute Gasteiger partial charge is 0.326 e. The second kappa shape index (κ2) is 8.08. The molecule has 0 saturated carbocycles. The first-order valence-electron chi connectivity index (χ1n) is 9.46. The Kier molecular flexibility index (Phi) is 5.95. The standard InChI is InChI=1S/C19H26FN3O4S/c1-12(2)6-7-14-5-3-4-13(10-21-14)15-8-9-16(24)19(18(15)20)23-11-17(25)22-28(23,26)27/h4,8-9,12,14,21,24H,3,5-7,10-11H2,1-2H3,(H,22,25)/t14-/m0/s1. The third-order valence-electron chi connectivity index (χ3n) is 5.09. The van der Waals surface area contributed by atoms with Gasteiger partial charge in [0.1, 0.15) is 18.0 Å². The molecule has 0 radical (unpaired) electrons. The summed E-state index contributed by atoms with van der Waals surface area (Å²) in [6, 6.07) is 3.04. The predicted octanol–water partition coefficient (Wildman–Crippen LogP) is 2.28. The molecule has 1 aromatic carbocycles. The van der Waals surface area contributed by atoms with Crippen molar-refractivity contribution in [3.63, 3.8) is 0 Å². The fourth-order valence-corrected chi connectivity index (χ4v) is 4.72. The summed E-state index contributed by atoms with van der Waals surface area (Å²) in [4.78, 5) is 11.5. The number of benzene rings is 1. The normalized spacial score (nSPS) is 22.1. The summed E-state index contributed by atoms with van der Waals surface area (Å²) in [5.41, 5.74) is 0.429. The fraction of sp³-hybridized carbons (Fsp3) is 0.526. The molecule has 1 aromatic rings. The number of carbonyl (C=O) groups is 1. The molecule has 0 aromatic heterocycles. The number of phenolic OH excluding ortho intramolecular Hbond substituents is 1. The summed E-state index contributed by atoms with van der Waals surface area (Å²) in [6.07, 6.45) is 5.83. The van der Waals surface area contributed by atoms with Crippen LogP contribution in [0.15, 0.2) is 18.2 Å². The Hall–Kier alpha value is -2.13. The largest absolute Gasteiger partial charge is 0.506 e. The van der Waals surface area contributed by atoms with Gasteiger partial charge < -0.3 is 10.4 Å². The SMILES string of the molecule is CC(C)CC[C@@H]1CCC=C(c2ccc(O)c(N3CC(=O)NS3(=O)=O)c2F)CN1. The van der Waals surface area contributed by atoms with Gasteiger partial charge in [0.25, 0.3) is 5.91 Å². The van der Waals surface area contributed by atoms with E-state index in [2.05, 4.69) is 19.2 Å². The second-order valence-electron chi connectivity index (χ2n) is 7.69. The van der Waals surface area contributed by atoms with Crippen molar-refractivity contribution in [3.8, 4) is 5.75 Å². The average Bonchev–Trinajstić information content (AvgIpc) is 2.76. The lowest BCUT2D eigenvalue weighted by atomic mass is 10.0. The van der Waals surface area contributed by atoms with E-state index < -0.39 is 39.9 Å². The minimum absolute atomic E-state index is 0.222. The monoisotopic (exact) mass is 411 g/mol. The molecule has 2 heterocycles. The molecule has 7 nitrogen and oxygen atoms in total. The summed E-state index contributed by atoms with van der Waals surface area (Å²) in [7, 11) is -4.21. The van der Waals surface area contributed by atoms with Crippen LogP contribution < -0.4 is 14.3 Å². The predicted molar refractivity (Wildman–Crippen MR) is 106 cm³/mol. The van der Waals surface area contributed by atoms with Crippen molar-refractivity contribution < 1.29 is 22.7 Å². The van der Waals surface area contributed by atoms with E-state index in [0.717, 1.165) is 25.7 Å². The molecule has 1 amide bonds. The van der Waals surface area contributed by atoms with Gasteiger partial charge in [0.2, 0.25) is 0 Å².